The Morgan fingerprint density at radius 1 is 0.941 bits per heavy atom. The number of hydrogen-bond donors (Lipinski definition) is 2. The van der Waals surface area contributed by atoms with Gasteiger partial charge in [0.15, 0.2) is 12.4 Å². The molecular weight excluding hydrogens is 473 g/mol. The lowest BCUT2D eigenvalue weighted by atomic mass is 9.87. The lowest BCUT2D eigenvalue weighted by Gasteiger charge is -2.19. The van der Waals surface area contributed by atoms with Crippen molar-refractivity contribution in [2.45, 2.75) is 32.8 Å². The van der Waals surface area contributed by atoms with Gasteiger partial charge in [0.25, 0.3) is 5.91 Å². The molecule has 34 heavy (non-hydrogen) atoms. The normalized spacial score (nSPS) is 11.4. The molecule has 0 radical (unpaired) electrons. The molecule has 0 aliphatic rings. The van der Waals surface area contributed by atoms with E-state index in [1.165, 1.54) is 5.56 Å². The molecular formula is C26H25Cl2N3O3. The molecule has 0 spiro atoms. The number of rotatable bonds is 7. The van der Waals surface area contributed by atoms with Crippen LogP contribution in [0.5, 0.6) is 11.5 Å². The molecule has 8 heteroatoms. The lowest BCUT2D eigenvalue weighted by Crippen LogP contribution is -2.20. The number of benzene rings is 3. The number of ether oxygens (including phenoxy) is 2. The van der Waals surface area contributed by atoms with Crippen molar-refractivity contribution < 1.29 is 14.3 Å². The number of carbonyl (C=O) groups is 1. The molecule has 1 amide bonds. The van der Waals surface area contributed by atoms with Crippen LogP contribution in [0.2, 0.25) is 10.0 Å². The largest absolute Gasteiger partial charge is 0.489 e. The first-order chi connectivity index (χ1) is 16.2. The van der Waals surface area contributed by atoms with E-state index in [1.807, 2.05) is 48.5 Å². The molecule has 0 unspecified atom stereocenters. The first kappa shape index (κ1) is 23.9. The maximum atomic E-state index is 12.5. The van der Waals surface area contributed by atoms with Crippen LogP contribution < -0.4 is 14.8 Å². The number of halogens is 2. The van der Waals surface area contributed by atoms with E-state index in [1.54, 1.807) is 12.1 Å². The van der Waals surface area contributed by atoms with E-state index in [0.717, 1.165) is 16.5 Å². The quantitative estimate of drug-likeness (QED) is 0.295. The number of H-pyrrole nitrogens is 1. The van der Waals surface area contributed by atoms with E-state index in [4.69, 9.17) is 32.7 Å². The van der Waals surface area contributed by atoms with Crippen LogP contribution in [0.1, 0.15) is 31.9 Å². The predicted molar refractivity (Wildman–Crippen MR) is 136 cm³/mol. The fourth-order valence-electron chi connectivity index (χ4n) is 3.34. The number of hydrogen-bond acceptors (Lipinski definition) is 4. The molecule has 0 aliphatic carbocycles. The second kappa shape index (κ2) is 9.95. The van der Waals surface area contributed by atoms with Crippen molar-refractivity contribution in [3.05, 3.63) is 81.8 Å². The molecule has 2 N–H and O–H groups in total. The van der Waals surface area contributed by atoms with Crippen LogP contribution in [0.25, 0.3) is 10.9 Å². The van der Waals surface area contributed by atoms with Gasteiger partial charge in [0.2, 0.25) is 0 Å². The minimum Gasteiger partial charge on any atom is -0.489 e. The molecule has 0 bridgehead atoms. The van der Waals surface area contributed by atoms with E-state index in [-0.39, 0.29) is 17.9 Å². The first-order valence-electron chi connectivity index (χ1n) is 10.8. The summed E-state index contributed by atoms with van der Waals surface area (Å²) in [5.41, 5.74) is 2.92. The van der Waals surface area contributed by atoms with Crippen molar-refractivity contribution >= 4 is 45.8 Å². The highest BCUT2D eigenvalue weighted by atomic mass is 35.5. The van der Waals surface area contributed by atoms with Gasteiger partial charge in [0.05, 0.1) is 15.6 Å². The standard InChI is InChI=1S/C26H25Cl2N3O3/c1-26(2,3)17-5-7-18(8-6-17)34-15-24(32)29-25-20-13-19(9-11-23(20)30-31-25)33-14-16-4-10-21(27)22(28)12-16/h4-13H,14-15H2,1-3H3,(H2,29,30,31,32). The van der Waals surface area contributed by atoms with Gasteiger partial charge in [-0.25, -0.2) is 0 Å². The van der Waals surface area contributed by atoms with Crippen molar-refractivity contribution in [3.63, 3.8) is 0 Å². The number of anilines is 1. The Morgan fingerprint density at radius 2 is 1.68 bits per heavy atom. The van der Waals surface area contributed by atoms with Crippen molar-refractivity contribution in [1.82, 2.24) is 10.2 Å². The topological polar surface area (TPSA) is 76.2 Å². The van der Waals surface area contributed by atoms with E-state index in [9.17, 15) is 4.79 Å². The van der Waals surface area contributed by atoms with E-state index in [0.29, 0.717) is 34.0 Å². The van der Waals surface area contributed by atoms with Gasteiger partial charge < -0.3 is 14.8 Å². The highest BCUT2D eigenvalue weighted by Gasteiger charge is 2.14. The number of amides is 1. The van der Waals surface area contributed by atoms with Gasteiger partial charge in [-0.3, -0.25) is 9.89 Å². The number of aromatic nitrogens is 2. The molecule has 0 saturated carbocycles. The second-order valence-electron chi connectivity index (χ2n) is 8.93. The van der Waals surface area contributed by atoms with Crippen LogP contribution in [0.4, 0.5) is 5.82 Å². The smallest absolute Gasteiger partial charge is 0.263 e. The van der Waals surface area contributed by atoms with Gasteiger partial charge in [-0.2, -0.15) is 5.10 Å². The summed E-state index contributed by atoms with van der Waals surface area (Å²) in [6.45, 7) is 6.64. The van der Waals surface area contributed by atoms with Crippen molar-refractivity contribution in [2.75, 3.05) is 11.9 Å². The van der Waals surface area contributed by atoms with Crippen LogP contribution in [0.3, 0.4) is 0 Å². The zero-order valence-corrected chi connectivity index (χ0v) is 20.6. The number of nitrogens with zero attached hydrogens (tertiary/aromatic N) is 1. The third kappa shape index (κ3) is 5.82. The average molecular weight is 498 g/mol. The zero-order chi connectivity index (χ0) is 24.3. The lowest BCUT2D eigenvalue weighted by molar-refractivity contribution is -0.118. The molecule has 6 nitrogen and oxygen atoms in total. The summed E-state index contributed by atoms with van der Waals surface area (Å²) in [6.07, 6.45) is 0. The number of carbonyl (C=O) groups excluding carboxylic acids is 1. The molecule has 4 rings (SSSR count). The van der Waals surface area contributed by atoms with Gasteiger partial charge >= 0.3 is 0 Å². The molecule has 0 atom stereocenters. The summed E-state index contributed by atoms with van der Waals surface area (Å²) in [5.74, 6) is 1.36. The van der Waals surface area contributed by atoms with Crippen LogP contribution in [0.15, 0.2) is 60.7 Å². The second-order valence-corrected chi connectivity index (χ2v) is 9.74. The average Bonchev–Trinajstić information content (AvgIpc) is 3.20. The summed E-state index contributed by atoms with van der Waals surface area (Å²) in [5, 5.41) is 11.6. The molecule has 0 aliphatic heterocycles. The molecule has 3 aromatic carbocycles. The van der Waals surface area contributed by atoms with Crippen molar-refractivity contribution in [1.29, 1.82) is 0 Å². The maximum Gasteiger partial charge on any atom is 0.263 e. The summed E-state index contributed by atoms with van der Waals surface area (Å²) in [6, 6.07) is 18.6. The van der Waals surface area contributed by atoms with Crippen LogP contribution in [-0.4, -0.2) is 22.7 Å². The van der Waals surface area contributed by atoms with Gasteiger partial charge in [0.1, 0.15) is 18.1 Å². The number of nitrogens with one attached hydrogen (secondary N) is 2. The predicted octanol–water partition coefficient (Wildman–Crippen LogP) is 6.76. The Balaban J connectivity index is 1.37. The Kier molecular flexibility index (Phi) is 7.00. The minimum atomic E-state index is -0.310. The zero-order valence-electron chi connectivity index (χ0n) is 19.1. The molecule has 1 aromatic heterocycles. The fraction of sp³-hybridized carbons (Fsp3) is 0.231. The van der Waals surface area contributed by atoms with Gasteiger partial charge in [-0.05, 0) is 59.0 Å². The first-order valence-corrected chi connectivity index (χ1v) is 11.5. The Hall–Kier alpha value is -3.22. The highest BCUT2D eigenvalue weighted by Crippen LogP contribution is 2.28. The van der Waals surface area contributed by atoms with Crippen LogP contribution in [-0.2, 0) is 16.8 Å². The van der Waals surface area contributed by atoms with Crippen LogP contribution >= 0.6 is 23.2 Å². The summed E-state index contributed by atoms with van der Waals surface area (Å²) >= 11 is 12.0. The monoisotopic (exact) mass is 497 g/mol. The van der Waals surface area contributed by atoms with Gasteiger partial charge in [-0.1, -0.05) is 62.2 Å². The van der Waals surface area contributed by atoms with Crippen molar-refractivity contribution in [3.8, 4) is 11.5 Å². The third-order valence-electron chi connectivity index (χ3n) is 5.27. The fourth-order valence-corrected chi connectivity index (χ4v) is 3.66. The molecule has 0 saturated heterocycles. The summed E-state index contributed by atoms with van der Waals surface area (Å²) < 4.78 is 11.5. The molecule has 1 heterocycles. The molecule has 176 valence electrons. The number of fused-ring (bicyclic) bond motifs is 1. The highest BCUT2D eigenvalue weighted by molar-refractivity contribution is 6.42. The van der Waals surface area contributed by atoms with Gasteiger partial charge in [0, 0.05) is 5.39 Å². The Labute approximate surface area is 208 Å². The van der Waals surface area contributed by atoms with E-state index in [2.05, 4.69) is 36.3 Å². The van der Waals surface area contributed by atoms with E-state index < -0.39 is 0 Å². The van der Waals surface area contributed by atoms with Crippen LogP contribution in [0, 0.1) is 0 Å². The molecule has 0 fully saturated rings. The summed E-state index contributed by atoms with van der Waals surface area (Å²) in [7, 11) is 0. The third-order valence-corrected chi connectivity index (χ3v) is 6.01. The molecule has 4 aromatic rings. The maximum absolute atomic E-state index is 12.5. The van der Waals surface area contributed by atoms with Gasteiger partial charge in [-0.15, -0.1) is 0 Å². The minimum absolute atomic E-state index is 0.0569. The van der Waals surface area contributed by atoms with E-state index >= 15 is 0 Å². The Morgan fingerprint density at radius 3 is 2.38 bits per heavy atom. The van der Waals surface area contributed by atoms with Crippen molar-refractivity contribution in [2.24, 2.45) is 0 Å². The number of aromatic amines is 1. The SMILES string of the molecule is CC(C)(C)c1ccc(OCC(=O)Nc2n[nH]c3ccc(OCc4ccc(Cl)c(Cl)c4)cc23)cc1. The Bertz CT molecular complexity index is 1310. The summed E-state index contributed by atoms with van der Waals surface area (Å²) in [4.78, 5) is 12.5.